The molecule has 116 valence electrons. The van der Waals surface area contributed by atoms with Crippen LogP contribution in [0.4, 0.5) is 5.82 Å². The largest absolute Gasteiger partial charge is 0.492 e. The van der Waals surface area contributed by atoms with E-state index in [0.717, 1.165) is 31.5 Å². The number of hydrogen-bond acceptors (Lipinski definition) is 6. The summed E-state index contributed by atoms with van der Waals surface area (Å²) in [6.07, 6.45) is 2.22. The molecule has 0 unspecified atom stereocenters. The van der Waals surface area contributed by atoms with Gasteiger partial charge in [0.05, 0.1) is 0 Å². The van der Waals surface area contributed by atoms with Crippen LogP contribution in [0.5, 0.6) is 5.88 Å². The Hall–Kier alpha value is -2.47. The summed E-state index contributed by atoms with van der Waals surface area (Å²) in [5.74, 6) is 0.824. The van der Waals surface area contributed by atoms with Crippen LogP contribution in [0.3, 0.4) is 0 Å². The van der Waals surface area contributed by atoms with E-state index in [0.29, 0.717) is 17.3 Å². The zero-order chi connectivity index (χ0) is 15.8. The molecule has 6 nitrogen and oxygen atoms in total. The average Bonchev–Trinajstić information content (AvgIpc) is 3.10. The van der Waals surface area contributed by atoms with E-state index in [1.807, 2.05) is 30.3 Å². The molecule has 3 aromatic rings. The van der Waals surface area contributed by atoms with Gasteiger partial charge >= 0.3 is 0 Å². The molecule has 3 heterocycles. The van der Waals surface area contributed by atoms with Crippen molar-refractivity contribution in [3.05, 3.63) is 35.5 Å². The average molecular weight is 328 g/mol. The minimum absolute atomic E-state index is 0.212. The highest BCUT2D eigenvalue weighted by Crippen LogP contribution is 2.30. The van der Waals surface area contributed by atoms with E-state index in [9.17, 15) is 5.11 Å². The number of aromatic nitrogens is 4. The number of fused-ring (bicyclic) bond motifs is 1. The molecule has 0 saturated carbocycles. The van der Waals surface area contributed by atoms with Crippen LogP contribution in [0.2, 0.25) is 5.15 Å². The van der Waals surface area contributed by atoms with Crippen LogP contribution in [0, 0.1) is 0 Å². The maximum absolute atomic E-state index is 10.2. The van der Waals surface area contributed by atoms with Gasteiger partial charge in [0.1, 0.15) is 0 Å². The second kappa shape index (κ2) is 5.62. The molecule has 0 amide bonds. The molecule has 0 aliphatic carbocycles. The summed E-state index contributed by atoms with van der Waals surface area (Å²) in [4.78, 5) is 19.4. The first kappa shape index (κ1) is 14.1. The first-order chi connectivity index (χ1) is 11.2. The summed E-state index contributed by atoms with van der Waals surface area (Å²) in [5, 5.41) is 10.4. The molecule has 0 bridgehead atoms. The van der Waals surface area contributed by atoms with Gasteiger partial charge in [0, 0.05) is 18.7 Å². The van der Waals surface area contributed by atoms with Crippen LogP contribution in [-0.4, -0.2) is 38.1 Å². The summed E-state index contributed by atoms with van der Waals surface area (Å²) < 4.78 is 0. The van der Waals surface area contributed by atoms with Crippen molar-refractivity contribution in [1.29, 1.82) is 0 Å². The Balaban J connectivity index is 1.88. The number of benzene rings is 1. The van der Waals surface area contributed by atoms with E-state index in [1.54, 1.807) is 0 Å². The van der Waals surface area contributed by atoms with Gasteiger partial charge in [0.15, 0.2) is 28.0 Å². The highest BCUT2D eigenvalue weighted by Gasteiger charge is 2.20. The zero-order valence-corrected chi connectivity index (χ0v) is 13.0. The normalized spacial score (nSPS) is 14.6. The Kier molecular flexibility index (Phi) is 3.46. The third-order valence-electron chi connectivity index (χ3n) is 3.89. The number of aromatic hydroxyl groups is 1. The molecule has 0 radical (unpaired) electrons. The van der Waals surface area contributed by atoms with Gasteiger partial charge in [-0.05, 0) is 12.8 Å². The minimum atomic E-state index is -0.212. The summed E-state index contributed by atoms with van der Waals surface area (Å²) in [6, 6.07) is 9.46. The predicted octanol–water partition coefficient (Wildman–Crippen LogP) is 3.05. The molecule has 2 aromatic heterocycles. The Morgan fingerprint density at radius 1 is 0.957 bits per heavy atom. The summed E-state index contributed by atoms with van der Waals surface area (Å²) in [6.45, 7) is 1.81. The van der Waals surface area contributed by atoms with E-state index in [4.69, 9.17) is 11.6 Å². The highest BCUT2D eigenvalue weighted by atomic mass is 35.5. The molecule has 23 heavy (non-hydrogen) atoms. The zero-order valence-electron chi connectivity index (χ0n) is 12.3. The third-order valence-corrected chi connectivity index (χ3v) is 4.14. The molecule has 1 aliphatic heterocycles. The Bertz CT molecular complexity index is 865. The smallest absolute Gasteiger partial charge is 0.243 e. The molecule has 1 aliphatic rings. The van der Waals surface area contributed by atoms with E-state index in [1.165, 1.54) is 0 Å². The second-order valence-corrected chi connectivity index (χ2v) is 5.80. The monoisotopic (exact) mass is 327 g/mol. The van der Waals surface area contributed by atoms with Crippen molar-refractivity contribution in [3.63, 3.8) is 0 Å². The van der Waals surface area contributed by atoms with Crippen molar-refractivity contribution in [2.45, 2.75) is 12.8 Å². The van der Waals surface area contributed by atoms with Gasteiger partial charge in [-0.25, -0.2) is 15.0 Å². The van der Waals surface area contributed by atoms with Crippen molar-refractivity contribution in [2.75, 3.05) is 18.0 Å². The lowest BCUT2D eigenvalue weighted by Crippen LogP contribution is -2.20. The van der Waals surface area contributed by atoms with Gasteiger partial charge in [-0.15, -0.1) is 0 Å². The van der Waals surface area contributed by atoms with Crippen molar-refractivity contribution in [1.82, 2.24) is 19.9 Å². The summed E-state index contributed by atoms with van der Waals surface area (Å²) in [5.41, 5.74) is 1.38. The standard InChI is InChI=1S/C16H14ClN5O/c17-12-15(22-8-4-5-9-22)20-14-11(18-12)16(23)21-13(19-14)10-6-2-1-3-7-10/h1-3,6-7H,4-5,8-9H2,(H,19,20,21,23). The van der Waals surface area contributed by atoms with Gasteiger partial charge in [-0.1, -0.05) is 41.9 Å². The van der Waals surface area contributed by atoms with Gasteiger partial charge in [0.2, 0.25) is 5.88 Å². The van der Waals surface area contributed by atoms with Gasteiger partial charge < -0.3 is 10.0 Å². The van der Waals surface area contributed by atoms with Crippen LogP contribution in [-0.2, 0) is 0 Å². The lowest BCUT2D eigenvalue weighted by molar-refractivity contribution is 0.458. The van der Waals surface area contributed by atoms with Crippen LogP contribution >= 0.6 is 11.6 Å². The van der Waals surface area contributed by atoms with Crippen molar-refractivity contribution < 1.29 is 5.11 Å². The Morgan fingerprint density at radius 3 is 2.43 bits per heavy atom. The fourth-order valence-corrected chi connectivity index (χ4v) is 3.00. The van der Waals surface area contributed by atoms with Crippen LogP contribution < -0.4 is 4.90 Å². The Labute approximate surface area is 137 Å². The molecule has 0 atom stereocenters. The molecule has 4 rings (SSSR count). The fourth-order valence-electron chi connectivity index (χ4n) is 2.75. The topological polar surface area (TPSA) is 75.0 Å². The lowest BCUT2D eigenvalue weighted by atomic mass is 10.2. The third kappa shape index (κ3) is 2.55. The quantitative estimate of drug-likeness (QED) is 0.779. The molecule has 0 spiro atoms. The number of anilines is 1. The first-order valence-electron chi connectivity index (χ1n) is 7.47. The number of halogens is 1. The number of rotatable bonds is 2. The molecular formula is C16H14ClN5O. The second-order valence-electron chi connectivity index (χ2n) is 5.44. The molecule has 7 heteroatoms. The van der Waals surface area contributed by atoms with E-state index in [2.05, 4.69) is 24.8 Å². The number of hydrogen-bond donors (Lipinski definition) is 1. The van der Waals surface area contributed by atoms with Crippen LogP contribution in [0.15, 0.2) is 30.3 Å². The molecule has 1 fully saturated rings. The molecule has 1 saturated heterocycles. The lowest BCUT2D eigenvalue weighted by Gasteiger charge is -2.17. The first-order valence-corrected chi connectivity index (χ1v) is 7.85. The summed E-state index contributed by atoms with van der Waals surface area (Å²) in [7, 11) is 0. The van der Waals surface area contributed by atoms with Crippen molar-refractivity contribution in [3.8, 4) is 17.3 Å². The van der Waals surface area contributed by atoms with E-state index in [-0.39, 0.29) is 16.5 Å². The van der Waals surface area contributed by atoms with Gasteiger partial charge in [-0.3, -0.25) is 0 Å². The van der Waals surface area contributed by atoms with Crippen LogP contribution in [0.25, 0.3) is 22.6 Å². The predicted molar refractivity (Wildman–Crippen MR) is 88.7 cm³/mol. The minimum Gasteiger partial charge on any atom is -0.492 e. The molecule has 1 N–H and O–H groups in total. The van der Waals surface area contributed by atoms with E-state index < -0.39 is 0 Å². The van der Waals surface area contributed by atoms with Gasteiger partial charge in [-0.2, -0.15) is 4.98 Å². The van der Waals surface area contributed by atoms with Crippen molar-refractivity contribution in [2.24, 2.45) is 0 Å². The number of nitrogens with zero attached hydrogens (tertiary/aromatic N) is 5. The highest BCUT2D eigenvalue weighted by molar-refractivity contribution is 6.32. The van der Waals surface area contributed by atoms with Gasteiger partial charge in [0.25, 0.3) is 0 Å². The summed E-state index contributed by atoms with van der Waals surface area (Å²) >= 11 is 6.23. The molecular weight excluding hydrogens is 314 g/mol. The molecule has 1 aromatic carbocycles. The van der Waals surface area contributed by atoms with Crippen molar-refractivity contribution >= 4 is 28.6 Å². The fraction of sp³-hybridized carbons (Fsp3) is 0.250. The SMILES string of the molecule is Oc1nc(-c2ccccc2)nc2nc(N3CCCC3)c(Cl)nc12. The van der Waals surface area contributed by atoms with Crippen LogP contribution in [0.1, 0.15) is 12.8 Å². The maximum Gasteiger partial charge on any atom is 0.243 e. The maximum atomic E-state index is 10.2. The van der Waals surface area contributed by atoms with E-state index >= 15 is 0 Å². The Morgan fingerprint density at radius 2 is 1.70 bits per heavy atom.